The van der Waals surface area contributed by atoms with Gasteiger partial charge >= 0.3 is 0 Å². The minimum atomic E-state index is 0.550. The molecular weight excluding hydrogens is 172 g/mol. The first-order valence-electron chi connectivity index (χ1n) is 5.80. The molecule has 1 aromatic rings. The van der Waals surface area contributed by atoms with Gasteiger partial charge in [0.1, 0.15) is 0 Å². The van der Waals surface area contributed by atoms with Gasteiger partial charge in [0.2, 0.25) is 0 Å². The fraction of sp³-hybridized carbons (Fsp3) is 0.750. The van der Waals surface area contributed by atoms with E-state index in [0.29, 0.717) is 6.04 Å². The van der Waals surface area contributed by atoms with Gasteiger partial charge in [0.15, 0.2) is 0 Å². The summed E-state index contributed by atoms with van der Waals surface area (Å²) in [6.45, 7) is 4.46. The summed E-state index contributed by atoms with van der Waals surface area (Å²) in [5.74, 6) is 0.772. The van der Waals surface area contributed by atoms with Gasteiger partial charge in [-0.25, -0.2) is 4.98 Å². The second-order valence-electron chi connectivity index (χ2n) is 4.65. The van der Waals surface area contributed by atoms with Gasteiger partial charge < -0.3 is 4.57 Å². The van der Waals surface area contributed by atoms with E-state index in [1.165, 1.54) is 37.8 Å². The van der Waals surface area contributed by atoms with Gasteiger partial charge in [-0.1, -0.05) is 19.3 Å². The topological polar surface area (TPSA) is 17.8 Å². The van der Waals surface area contributed by atoms with Gasteiger partial charge in [-0.15, -0.1) is 0 Å². The third-order valence-electron chi connectivity index (χ3n) is 3.28. The number of imidazole rings is 1. The molecule has 0 aromatic carbocycles. The standard InChI is InChI=1S/C12H20N2/c1-10(2)14-9-13-8-12(14)11-6-4-3-5-7-11/h8-11H,3-7H2,1-2H3. The van der Waals surface area contributed by atoms with Crippen molar-refractivity contribution in [3.63, 3.8) is 0 Å². The molecule has 0 radical (unpaired) electrons. The zero-order valence-corrected chi connectivity index (χ0v) is 9.24. The lowest BCUT2D eigenvalue weighted by molar-refractivity contribution is 0.415. The fourth-order valence-electron chi connectivity index (χ4n) is 2.46. The molecule has 1 aliphatic carbocycles. The molecule has 0 aliphatic heterocycles. The van der Waals surface area contributed by atoms with Crippen molar-refractivity contribution in [3.05, 3.63) is 18.2 Å². The van der Waals surface area contributed by atoms with Crippen molar-refractivity contribution in [2.24, 2.45) is 0 Å². The SMILES string of the molecule is CC(C)n1cncc1C1CCCCC1. The predicted octanol–water partition coefficient (Wildman–Crippen LogP) is 3.51. The van der Waals surface area contributed by atoms with Crippen molar-refractivity contribution in [3.8, 4) is 0 Å². The van der Waals surface area contributed by atoms with Crippen LogP contribution in [-0.4, -0.2) is 9.55 Å². The van der Waals surface area contributed by atoms with Crippen molar-refractivity contribution in [2.75, 3.05) is 0 Å². The average Bonchev–Trinajstić information content (AvgIpc) is 2.67. The fourth-order valence-corrected chi connectivity index (χ4v) is 2.46. The molecule has 1 heterocycles. The molecule has 78 valence electrons. The second kappa shape index (κ2) is 4.16. The van der Waals surface area contributed by atoms with E-state index in [0.717, 1.165) is 5.92 Å². The molecule has 14 heavy (non-hydrogen) atoms. The Labute approximate surface area is 86.3 Å². The van der Waals surface area contributed by atoms with Crippen LogP contribution < -0.4 is 0 Å². The maximum absolute atomic E-state index is 4.28. The molecule has 2 rings (SSSR count). The Hall–Kier alpha value is -0.790. The number of hydrogen-bond donors (Lipinski definition) is 0. The van der Waals surface area contributed by atoms with Crippen LogP contribution >= 0.6 is 0 Å². The first-order chi connectivity index (χ1) is 6.79. The third kappa shape index (κ3) is 1.84. The van der Waals surface area contributed by atoms with E-state index in [2.05, 4.69) is 29.6 Å². The van der Waals surface area contributed by atoms with Gasteiger partial charge in [-0.3, -0.25) is 0 Å². The molecule has 0 saturated heterocycles. The molecule has 0 N–H and O–H groups in total. The molecule has 0 unspecified atom stereocenters. The Morgan fingerprint density at radius 1 is 1.29 bits per heavy atom. The Balaban J connectivity index is 2.17. The summed E-state index contributed by atoms with van der Waals surface area (Å²) in [5, 5.41) is 0. The highest BCUT2D eigenvalue weighted by Crippen LogP contribution is 2.33. The Kier molecular flexibility index (Phi) is 2.90. The summed E-state index contributed by atoms with van der Waals surface area (Å²) in [5.41, 5.74) is 1.46. The highest BCUT2D eigenvalue weighted by Gasteiger charge is 2.19. The Morgan fingerprint density at radius 3 is 2.64 bits per heavy atom. The van der Waals surface area contributed by atoms with Gasteiger partial charge in [-0.2, -0.15) is 0 Å². The third-order valence-corrected chi connectivity index (χ3v) is 3.28. The van der Waals surface area contributed by atoms with Crippen LogP contribution in [0.4, 0.5) is 0 Å². The van der Waals surface area contributed by atoms with E-state index in [1.54, 1.807) is 0 Å². The molecule has 0 spiro atoms. The lowest BCUT2D eigenvalue weighted by Crippen LogP contribution is -2.11. The van der Waals surface area contributed by atoms with Crippen LogP contribution in [0.15, 0.2) is 12.5 Å². The molecule has 1 aromatic heterocycles. The minimum Gasteiger partial charge on any atom is -0.332 e. The van der Waals surface area contributed by atoms with Crippen LogP contribution in [0.5, 0.6) is 0 Å². The van der Waals surface area contributed by atoms with Crippen LogP contribution in [0.2, 0.25) is 0 Å². The summed E-state index contributed by atoms with van der Waals surface area (Å²) in [7, 11) is 0. The molecule has 2 heteroatoms. The van der Waals surface area contributed by atoms with E-state index in [4.69, 9.17) is 0 Å². The first kappa shape index (κ1) is 9.75. The van der Waals surface area contributed by atoms with E-state index >= 15 is 0 Å². The molecule has 1 aliphatic rings. The molecular formula is C12H20N2. The zero-order chi connectivity index (χ0) is 9.97. The summed E-state index contributed by atoms with van der Waals surface area (Å²) >= 11 is 0. The smallest absolute Gasteiger partial charge is 0.0950 e. The molecule has 0 bridgehead atoms. The average molecular weight is 192 g/mol. The Bertz CT molecular complexity index is 282. The van der Waals surface area contributed by atoms with Crippen molar-refractivity contribution < 1.29 is 0 Å². The highest BCUT2D eigenvalue weighted by atomic mass is 15.1. The first-order valence-corrected chi connectivity index (χ1v) is 5.80. The highest BCUT2D eigenvalue weighted by molar-refractivity contribution is 5.08. The van der Waals surface area contributed by atoms with Crippen LogP contribution in [0.25, 0.3) is 0 Å². The quantitative estimate of drug-likeness (QED) is 0.701. The van der Waals surface area contributed by atoms with E-state index in [1.807, 2.05) is 6.33 Å². The molecule has 2 nitrogen and oxygen atoms in total. The summed E-state index contributed by atoms with van der Waals surface area (Å²) in [6.07, 6.45) is 11.0. The number of aromatic nitrogens is 2. The van der Waals surface area contributed by atoms with Gasteiger partial charge in [0.25, 0.3) is 0 Å². The van der Waals surface area contributed by atoms with Crippen molar-refractivity contribution >= 4 is 0 Å². The number of hydrogen-bond acceptors (Lipinski definition) is 1. The predicted molar refractivity (Wildman–Crippen MR) is 58.4 cm³/mol. The van der Waals surface area contributed by atoms with Crippen molar-refractivity contribution in [1.82, 2.24) is 9.55 Å². The van der Waals surface area contributed by atoms with Gasteiger partial charge in [-0.05, 0) is 26.7 Å². The van der Waals surface area contributed by atoms with Crippen molar-refractivity contribution in [1.29, 1.82) is 0 Å². The monoisotopic (exact) mass is 192 g/mol. The molecule has 0 amide bonds. The summed E-state index contributed by atoms with van der Waals surface area (Å²) in [4.78, 5) is 4.28. The van der Waals surface area contributed by atoms with Crippen LogP contribution in [0, 0.1) is 0 Å². The lowest BCUT2D eigenvalue weighted by Gasteiger charge is -2.24. The number of nitrogens with zero attached hydrogens (tertiary/aromatic N) is 2. The van der Waals surface area contributed by atoms with Gasteiger partial charge in [0.05, 0.1) is 6.33 Å². The van der Waals surface area contributed by atoms with Crippen LogP contribution in [-0.2, 0) is 0 Å². The van der Waals surface area contributed by atoms with Crippen molar-refractivity contribution in [2.45, 2.75) is 57.9 Å². The minimum absolute atomic E-state index is 0.550. The van der Waals surface area contributed by atoms with E-state index in [-0.39, 0.29) is 0 Å². The largest absolute Gasteiger partial charge is 0.332 e. The maximum Gasteiger partial charge on any atom is 0.0950 e. The maximum atomic E-state index is 4.28. The lowest BCUT2D eigenvalue weighted by atomic mass is 9.87. The summed E-state index contributed by atoms with van der Waals surface area (Å²) in [6, 6.07) is 0.550. The zero-order valence-electron chi connectivity index (χ0n) is 9.24. The van der Waals surface area contributed by atoms with E-state index < -0.39 is 0 Å². The molecule has 1 fully saturated rings. The number of rotatable bonds is 2. The second-order valence-corrected chi connectivity index (χ2v) is 4.65. The molecule has 0 atom stereocenters. The van der Waals surface area contributed by atoms with Gasteiger partial charge in [0, 0.05) is 23.9 Å². The Morgan fingerprint density at radius 2 is 2.00 bits per heavy atom. The van der Waals surface area contributed by atoms with Crippen LogP contribution in [0.1, 0.15) is 63.6 Å². The normalized spacial score (nSPS) is 19.1. The summed E-state index contributed by atoms with van der Waals surface area (Å²) < 4.78 is 2.33. The van der Waals surface area contributed by atoms with Crippen LogP contribution in [0.3, 0.4) is 0 Å². The molecule has 1 saturated carbocycles. The van der Waals surface area contributed by atoms with E-state index in [9.17, 15) is 0 Å².